The molecule has 0 atom stereocenters. The Morgan fingerprint density at radius 2 is 2.10 bits per heavy atom. The lowest BCUT2D eigenvalue weighted by atomic mass is 9.71. The maximum absolute atomic E-state index is 11.8. The number of carbonyl (C=O) groups is 1. The van der Waals surface area contributed by atoms with E-state index in [0.717, 1.165) is 29.9 Å². The number of amides is 1. The molecule has 0 bridgehead atoms. The van der Waals surface area contributed by atoms with Gasteiger partial charge in [-0.05, 0) is 42.5 Å². The summed E-state index contributed by atoms with van der Waals surface area (Å²) >= 11 is 3.19. The fourth-order valence-corrected chi connectivity index (χ4v) is 3.98. The van der Waals surface area contributed by atoms with Crippen molar-refractivity contribution in [3.8, 4) is 0 Å². The van der Waals surface area contributed by atoms with Crippen LogP contribution in [0.5, 0.6) is 0 Å². The molecular formula is C15H23NO2S2. The zero-order valence-electron chi connectivity index (χ0n) is 12.1. The molecule has 0 unspecified atom stereocenters. The number of hydrogen-bond donors (Lipinski definition) is 2. The second-order valence-corrected chi connectivity index (χ2v) is 8.61. The molecule has 1 fully saturated rings. The van der Waals surface area contributed by atoms with Gasteiger partial charge >= 0.3 is 0 Å². The Bertz CT molecular complexity index is 433. The highest BCUT2D eigenvalue weighted by Gasteiger charge is 2.36. The van der Waals surface area contributed by atoms with E-state index in [1.54, 1.807) is 23.1 Å². The van der Waals surface area contributed by atoms with Crippen molar-refractivity contribution in [2.45, 2.75) is 49.3 Å². The Balaban J connectivity index is 1.70. The highest BCUT2D eigenvalue weighted by Crippen LogP contribution is 2.39. The minimum absolute atomic E-state index is 0.00154. The minimum atomic E-state index is -0.710. The molecule has 3 nitrogen and oxygen atoms in total. The Morgan fingerprint density at radius 3 is 2.70 bits per heavy atom. The van der Waals surface area contributed by atoms with E-state index in [1.165, 1.54) is 0 Å². The van der Waals surface area contributed by atoms with Crippen LogP contribution in [0, 0.1) is 5.41 Å². The zero-order chi connectivity index (χ0) is 14.6. The first-order valence-electron chi connectivity index (χ1n) is 7.04. The molecule has 1 aromatic rings. The zero-order valence-corrected chi connectivity index (χ0v) is 13.8. The predicted octanol–water partition coefficient (Wildman–Crippen LogP) is 3.29. The van der Waals surface area contributed by atoms with E-state index in [0.29, 0.717) is 17.7 Å². The highest BCUT2D eigenvalue weighted by molar-refractivity contribution is 8.01. The predicted molar refractivity (Wildman–Crippen MR) is 85.3 cm³/mol. The summed E-state index contributed by atoms with van der Waals surface area (Å²) in [4.78, 5) is 11.8. The summed E-state index contributed by atoms with van der Waals surface area (Å²) in [5.41, 5.74) is -0.385. The first-order valence-corrected chi connectivity index (χ1v) is 8.91. The van der Waals surface area contributed by atoms with E-state index in [2.05, 4.69) is 19.2 Å². The smallest absolute Gasteiger partial charge is 0.230 e. The van der Waals surface area contributed by atoms with E-state index in [4.69, 9.17) is 0 Å². The van der Waals surface area contributed by atoms with Gasteiger partial charge in [-0.25, -0.2) is 0 Å². The van der Waals surface area contributed by atoms with Crippen molar-refractivity contribution in [2.75, 3.05) is 12.3 Å². The molecule has 0 saturated heterocycles. The summed E-state index contributed by atoms with van der Waals surface area (Å²) in [6.07, 6.45) is 3.59. The van der Waals surface area contributed by atoms with Crippen molar-refractivity contribution in [3.63, 3.8) is 0 Å². The molecule has 1 amide bonds. The molecule has 0 radical (unpaired) electrons. The van der Waals surface area contributed by atoms with E-state index in [9.17, 15) is 9.90 Å². The Morgan fingerprint density at radius 1 is 1.40 bits per heavy atom. The van der Waals surface area contributed by atoms with Gasteiger partial charge in [0.05, 0.1) is 15.6 Å². The standard InChI is InChI=1S/C15H23NO2S2/c1-14(2)5-7-15(18,8-6-14)11-16-12(17)10-20-13-4-3-9-19-13/h3-4,9,18H,5-8,10-11H2,1-2H3,(H,16,17). The highest BCUT2D eigenvalue weighted by atomic mass is 32.2. The molecule has 2 rings (SSSR count). The number of thioether (sulfide) groups is 1. The third kappa shape index (κ3) is 4.79. The molecule has 1 heterocycles. The SMILES string of the molecule is CC1(C)CCC(O)(CNC(=O)CSc2cccs2)CC1. The summed E-state index contributed by atoms with van der Waals surface area (Å²) in [6.45, 7) is 4.86. The van der Waals surface area contributed by atoms with Gasteiger partial charge in [0.15, 0.2) is 0 Å². The number of nitrogens with one attached hydrogen (secondary N) is 1. The quantitative estimate of drug-likeness (QED) is 0.820. The summed E-state index contributed by atoms with van der Waals surface area (Å²) in [5.74, 6) is 0.420. The maximum atomic E-state index is 11.8. The largest absolute Gasteiger partial charge is 0.388 e. The van der Waals surface area contributed by atoms with E-state index < -0.39 is 5.60 Å². The molecule has 0 spiro atoms. The molecule has 5 heteroatoms. The molecule has 2 N–H and O–H groups in total. The van der Waals surface area contributed by atoms with Crippen LogP contribution >= 0.6 is 23.1 Å². The van der Waals surface area contributed by atoms with Crippen molar-refractivity contribution in [1.82, 2.24) is 5.32 Å². The minimum Gasteiger partial charge on any atom is -0.388 e. The van der Waals surface area contributed by atoms with Crippen molar-refractivity contribution in [1.29, 1.82) is 0 Å². The Hall–Kier alpha value is -0.520. The molecule has 0 aromatic carbocycles. The Kier molecular flexibility index (Phi) is 5.15. The molecule has 1 aromatic heterocycles. The third-order valence-corrected chi connectivity index (χ3v) is 6.12. The van der Waals surface area contributed by atoms with Crippen LogP contribution in [0.1, 0.15) is 39.5 Å². The van der Waals surface area contributed by atoms with Gasteiger partial charge in [-0.3, -0.25) is 4.79 Å². The first kappa shape index (κ1) is 15.9. The second kappa shape index (κ2) is 6.50. The van der Waals surface area contributed by atoms with E-state index in [1.807, 2.05) is 17.5 Å². The average Bonchev–Trinajstić information content (AvgIpc) is 2.92. The summed E-state index contributed by atoms with van der Waals surface area (Å²) < 4.78 is 1.15. The monoisotopic (exact) mass is 313 g/mol. The third-order valence-electron chi connectivity index (χ3n) is 3.99. The maximum Gasteiger partial charge on any atom is 0.230 e. The lowest BCUT2D eigenvalue weighted by Crippen LogP contribution is -2.47. The summed E-state index contributed by atoms with van der Waals surface area (Å²) in [7, 11) is 0. The van der Waals surface area contributed by atoms with Crippen LogP contribution in [0.15, 0.2) is 21.7 Å². The van der Waals surface area contributed by atoms with Crippen LogP contribution in [-0.4, -0.2) is 28.9 Å². The van der Waals surface area contributed by atoms with Crippen LogP contribution in [0.3, 0.4) is 0 Å². The van der Waals surface area contributed by atoms with E-state index in [-0.39, 0.29) is 5.91 Å². The summed E-state index contributed by atoms with van der Waals surface area (Å²) in [5, 5.41) is 15.4. The fraction of sp³-hybridized carbons (Fsp3) is 0.667. The fourth-order valence-electron chi connectivity index (χ4n) is 2.37. The van der Waals surface area contributed by atoms with Crippen LogP contribution in [0.2, 0.25) is 0 Å². The topological polar surface area (TPSA) is 49.3 Å². The van der Waals surface area contributed by atoms with Crippen molar-refractivity contribution in [3.05, 3.63) is 17.5 Å². The lowest BCUT2D eigenvalue weighted by molar-refractivity contribution is -0.120. The number of carbonyl (C=O) groups excluding carboxylic acids is 1. The van der Waals surface area contributed by atoms with Gasteiger partial charge in [-0.15, -0.1) is 23.1 Å². The van der Waals surface area contributed by atoms with Crippen LogP contribution in [0.25, 0.3) is 0 Å². The first-order chi connectivity index (χ1) is 9.39. The van der Waals surface area contributed by atoms with Gasteiger partial charge in [0, 0.05) is 6.54 Å². The summed E-state index contributed by atoms with van der Waals surface area (Å²) in [6, 6.07) is 4.00. The molecule has 20 heavy (non-hydrogen) atoms. The van der Waals surface area contributed by atoms with Crippen LogP contribution in [-0.2, 0) is 4.79 Å². The normalized spacial score (nSPS) is 20.6. The van der Waals surface area contributed by atoms with Crippen molar-refractivity contribution >= 4 is 29.0 Å². The Labute approximate surface area is 129 Å². The van der Waals surface area contributed by atoms with Crippen LogP contribution < -0.4 is 5.32 Å². The van der Waals surface area contributed by atoms with E-state index >= 15 is 0 Å². The van der Waals surface area contributed by atoms with Gasteiger partial charge in [0.1, 0.15) is 0 Å². The van der Waals surface area contributed by atoms with Gasteiger partial charge in [0.25, 0.3) is 0 Å². The van der Waals surface area contributed by atoms with Gasteiger partial charge in [-0.1, -0.05) is 19.9 Å². The van der Waals surface area contributed by atoms with Gasteiger partial charge in [-0.2, -0.15) is 0 Å². The van der Waals surface area contributed by atoms with Gasteiger partial charge in [0.2, 0.25) is 5.91 Å². The number of rotatable bonds is 5. The second-order valence-electron chi connectivity index (χ2n) is 6.39. The number of aliphatic hydroxyl groups is 1. The average molecular weight is 313 g/mol. The molecule has 1 aliphatic rings. The van der Waals surface area contributed by atoms with Gasteiger partial charge < -0.3 is 10.4 Å². The molecule has 1 aliphatic carbocycles. The molecule has 112 valence electrons. The number of hydrogen-bond acceptors (Lipinski definition) is 4. The lowest BCUT2D eigenvalue weighted by Gasteiger charge is -2.40. The van der Waals surface area contributed by atoms with Crippen molar-refractivity contribution in [2.24, 2.45) is 5.41 Å². The molecular weight excluding hydrogens is 290 g/mol. The molecule has 0 aliphatic heterocycles. The molecule has 1 saturated carbocycles. The van der Waals surface area contributed by atoms with Crippen LogP contribution in [0.4, 0.5) is 0 Å². The van der Waals surface area contributed by atoms with Crippen molar-refractivity contribution < 1.29 is 9.90 Å². The number of thiophene rings is 1.